The molecule has 1 saturated carbocycles. The Kier molecular flexibility index (Phi) is 2.29. The number of alkyl halides is 2. The van der Waals surface area contributed by atoms with Crippen molar-refractivity contribution in [2.75, 3.05) is 5.73 Å². The van der Waals surface area contributed by atoms with E-state index < -0.39 is 5.92 Å². The van der Waals surface area contributed by atoms with Gasteiger partial charge in [-0.25, -0.2) is 18.7 Å². The molecule has 1 aliphatic carbocycles. The van der Waals surface area contributed by atoms with Gasteiger partial charge in [0.25, 0.3) is 0 Å². The highest BCUT2D eigenvalue weighted by Crippen LogP contribution is 2.48. The number of rotatable bonds is 1. The summed E-state index contributed by atoms with van der Waals surface area (Å²) in [7, 11) is 0. The third-order valence-corrected chi connectivity index (χ3v) is 3.78. The Morgan fingerprint density at radius 2 is 2.18 bits per heavy atom. The second-order valence-electron chi connectivity index (χ2n) is 4.25. The molecule has 2 heterocycles. The molecule has 0 saturated heterocycles. The lowest BCUT2D eigenvalue weighted by Gasteiger charge is -2.33. The van der Waals surface area contributed by atoms with Gasteiger partial charge < -0.3 is 5.73 Å². The average molecular weight is 350 g/mol. The second kappa shape index (κ2) is 3.50. The van der Waals surface area contributed by atoms with Gasteiger partial charge in [-0.15, -0.1) is 0 Å². The van der Waals surface area contributed by atoms with E-state index in [1.165, 1.54) is 0 Å². The zero-order valence-corrected chi connectivity index (χ0v) is 10.9. The van der Waals surface area contributed by atoms with Gasteiger partial charge in [-0.2, -0.15) is 0 Å². The minimum absolute atomic E-state index is 0.135. The Hall–Kier alpha value is -0.990. The molecule has 1 fully saturated rings. The Morgan fingerprint density at radius 3 is 2.82 bits per heavy atom. The summed E-state index contributed by atoms with van der Waals surface area (Å²) in [6, 6.07) is 0. The predicted molar refractivity (Wildman–Crippen MR) is 67.0 cm³/mol. The van der Waals surface area contributed by atoms with Gasteiger partial charge in [0.2, 0.25) is 5.92 Å². The molecule has 7 heteroatoms. The number of aromatic nitrogens is 3. The molecule has 0 spiro atoms. The number of anilines is 1. The fourth-order valence-corrected chi connectivity index (χ4v) is 2.96. The van der Waals surface area contributed by atoms with E-state index in [9.17, 15) is 8.78 Å². The lowest BCUT2D eigenvalue weighted by molar-refractivity contribution is -0.0886. The highest BCUT2D eigenvalue weighted by atomic mass is 127. The normalized spacial score (nSPS) is 19.5. The summed E-state index contributed by atoms with van der Waals surface area (Å²) >= 11 is 2.05. The summed E-state index contributed by atoms with van der Waals surface area (Å²) < 4.78 is 28.2. The predicted octanol–water partition coefficient (Wildman–Crippen LogP) is 2.43. The van der Waals surface area contributed by atoms with Crippen LogP contribution in [0.4, 0.5) is 14.6 Å². The molecule has 0 atom stereocenters. The summed E-state index contributed by atoms with van der Waals surface area (Å²) in [5.74, 6) is -1.70. The average Bonchev–Trinajstić information content (AvgIpc) is 2.54. The summed E-state index contributed by atoms with van der Waals surface area (Å²) in [6.45, 7) is 0. The highest BCUT2D eigenvalue weighted by Gasteiger charge is 2.47. The molecule has 4 nitrogen and oxygen atoms in total. The third kappa shape index (κ3) is 1.67. The molecule has 17 heavy (non-hydrogen) atoms. The van der Waals surface area contributed by atoms with Crippen molar-refractivity contribution in [2.45, 2.75) is 24.7 Å². The van der Waals surface area contributed by atoms with E-state index in [1.807, 2.05) is 22.6 Å². The van der Waals surface area contributed by atoms with E-state index in [1.54, 1.807) is 16.8 Å². The first kappa shape index (κ1) is 11.1. The number of imidazole rings is 1. The van der Waals surface area contributed by atoms with Crippen LogP contribution < -0.4 is 5.73 Å². The lowest BCUT2D eigenvalue weighted by atomic mass is 9.81. The van der Waals surface area contributed by atoms with Crippen LogP contribution in [0.5, 0.6) is 0 Å². The highest BCUT2D eigenvalue weighted by molar-refractivity contribution is 14.1. The number of nitrogens with two attached hydrogens (primary N) is 1. The van der Waals surface area contributed by atoms with Crippen molar-refractivity contribution in [2.24, 2.45) is 0 Å². The SMILES string of the molecule is Nc1nccn2c(C3CC(F)(F)C3)nc(I)c12. The third-order valence-electron chi connectivity index (χ3n) is 3.02. The maximum Gasteiger partial charge on any atom is 0.249 e. The van der Waals surface area contributed by atoms with Gasteiger partial charge >= 0.3 is 0 Å². The maximum atomic E-state index is 12.9. The van der Waals surface area contributed by atoms with Crippen LogP contribution in [0.3, 0.4) is 0 Å². The molecule has 0 aliphatic heterocycles. The van der Waals surface area contributed by atoms with Crippen LogP contribution in [0.25, 0.3) is 5.52 Å². The Morgan fingerprint density at radius 1 is 1.47 bits per heavy atom. The van der Waals surface area contributed by atoms with Crippen molar-refractivity contribution in [1.29, 1.82) is 0 Å². The Balaban J connectivity index is 2.10. The van der Waals surface area contributed by atoms with Crippen molar-refractivity contribution < 1.29 is 8.78 Å². The van der Waals surface area contributed by atoms with E-state index in [4.69, 9.17) is 5.73 Å². The van der Waals surface area contributed by atoms with E-state index in [2.05, 4.69) is 9.97 Å². The maximum absolute atomic E-state index is 12.9. The van der Waals surface area contributed by atoms with E-state index in [0.29, 0.717) is 20.9 Å². The molecule has 3 rings (SSSR count). The largest absolute Gasteiger partial charge is 0.382 e. The molecule has 2 N–H and O–H groups in total. The van der Waals surface area contributed by atoms with Crippen LogP contribution in [0, 0.1) is 3.70 Å². The van der Waals surface area contributed by atoms with Gasteiger partial charge in [0.05, 0.1) is 0 Å². The Bertz CT molecular complexity index is 587. The van der Waals surface area contributed by atoms with Crippen LogP contribution in [0.15, 0.2) is 12.4 Å². The number of hydrogen-bond donors (Lipinski definition) is 1. The fraction of sp³-hybridized carbons (Fsp3) is 0.400. The summed E-state index contributed by atoms with van der Waals surface area (Å²) in [5, 5.41) is 0. The van der Waals surface area contributed by atoms with Crippen LogP contribution in [0.1, 0.15) is 24.6 Å². The standard InChI is InChI=1S/C10H9F2IN4/c11-10(12)3-5(4-10)9-16-7(13)6-8(14)15-1-2-17(6)9/h1-2,5H,3-4H2,(H2,14,15). The van der Waals surface area contributed by atoms with Gasteiger partial charge in [0.15, 0.2) is 5.82 Å². The monoisotopic (exact) mass is 350 g/mol. The van der Waals surface area contributed by atoms with Crippen molar-refractivity contribution in [3.8, 4) is 0 Å². The van der Waals surface area contributed by atoms with Crippen LogP contribution in [-0.2, 0) is 0 Å². The molecular weight excluding hydrogens is 341 g/mol. The first-order chi connectivity index (χ1) is 7.98. The fourth-order valence-electron chi connectivity index (χ4n) is 2.17. The summed E-state index contributed by atoms with van der Waals surface area (Å²) in [6.07, 6.45) is 3.00. The van der Waals surface area contributed by atoms with E-state index in [-0.39, 0.29) is 18.8 Å². The quantitative estimate of drug-likeness (QED) is 0.804. The first-order valence-corrected chi connectivity index (χ1v) is 6.21. The van der Waals surface area contributed by atoms with Gasteiger partial charge in [0.1, 0.15) is 15.0 Å². The topological polar surface area (TPSA) is 56.2 Å². The van der Waals surface area contributed by atoms with Gasteiger partial charge in [-0.05, 0) is 22.6 Å². The van der Waals surface area contributed by atoms with E-state index in [0.717, 1.165) is 0 Å². The van der Waals surface area contributed by atoms with Gasteiger partial charge in [-0.1, -0.05) is 0 Å². The molecule has 0 bridgehead atoms. The number of fused-ring (bicyclic) bond motifs is 1. The molecule has 2 aromatic rings. The number of nitrogen functional groups attached to an aromatic ring is 1. The molecular formula is C10H9F2IN4. The zero-order valence-electron chi connectivity index (χ0n) is 8.70. The Labute approximate surface area is 109 Å². The molecule has 0 unspecified atom stereocenters. The molecule has 0 radical (unpaired) electrons. The number of hydrogen-bond acceptors (Lipinski definition) is 3. The van der Waals surface area contributed by atoms with Crippen LogP contribution in [0.2, 0.25) is 0 Å². The summed E-state index contributed by atoms with van der Waals surface area (Å²) in [5.41, 5.74) is 6.47. The van der Waals surface area contributed by atoms with Gasteiger partial charge in [0, 0.05) is 31.2 Å². The van der Waals surface area contributed by atoms with Crippen molar-refractivity contribution in [1.82, 2.24) is 14.4 Å². The first-order valence-electron chi connectivity index (χ1n) is 5.14. The number of nitrogens with zero attached hydrogens (tertiary/aromatic N) is 3. The number of halogens is 3. The smallest absolute Gasteiger partial charge is 0.249 e. The summed E-state index contributed by atoms with van der Waals surface area (Å²) in [4.78, 5) is 8.31. The minimum Gasteiger partial charge on any atom is -0.382 e. The zero-order chi connectivity index (χ0) is 12.2. The van der Waals surface area contributed by atoms with Crippen molar-refractivity contribution in [3.63, 3.8) is 0 Å². The van der Waals surface area contributed by atoms with Crippen LogP contribution in [-0.4, -0.2) is 20.3 Å². The molecule has 0 amide bonds. The van der Waals surface area contributed by atoms with E-state index >= 15 is 0 Å². The van der Waals surface area contributed by atoms with Crippen molar-refractivity contribution in [3.05, 3.63) is 21.9 Å². The molecule has 90 valence electrons. The lowest BCUT2D eigenvalue weighted by Crippen LogP contribution is -2.34. The molecule has 1 aliphatic rings. The van der Waals surface area contributed by atoms with Crippen LogP contribution >= 0.6 is 22.6 Å². The van der Waals surface area contributed by atoms with Gasteiger partial charge in [-0.3, -0.25) is 4.40 Å². The second-order valence-corrected chi connectivity index (χ2v) is 5.27. The minimum atomic E-state index is -2.54. The van der Waals surface area contributed by atoms with Crippen molar-refractivity contribution >= 4 is 33.9 Å². The molecule has 2 aromatic heterocycles. The molecule has 0 aromatic carbocycles.